The molecule has 1 aromatic rings. The van der Waals surface area contributed by atoms with E-state index in [1.165, 1.54) is 17.9 Å². The average Bonchev–Trinajstić information content (AvgIpc) is 2.61. The molecular weight excluding hydrogens is 347 g/mol. The number of anilines is 2. The Bertz CT molecular complexity index is 790. The van der Waals surface area contributed by atoms with Gasteiger partial charge in [0.25, 0.3) is 0 Å². The molecule has 0 aliphatic carbocycles. The van der Waals surface area contributed by atoms with Crippen LogP contribution in [0.4, 0.5) is 15.8 Å². The van der Waals surface area contributed by atoms with Crippen molar-refractivity contribution in [3.05, 3.63) is 34.8 Å². The monoisotopic (exact) mass is 366 g/mol. The molecule has 26 heavy (non-hydrogen) atoms. The van der Waals surface area contributed by atoms with Crippen LogP contribution < -0.4 is 10.2 Å². The van der Waals surface area contributed by atoms with Gasteiger partial charge in [-0.3, -0.25) is 4.79 Å². The fourth-order valence-electron chi connectivity index (χ4n) is 2.61. The lowest BCUT2D eigenvalue weighted by molar-refractivity contribution is -0.140. The first-order valence-electron chi connectivity index (χ1n) is 7.63. The second kappa shape index (κ2) is 7.96. The number of nitrogens with zero attached hydrogens (tertiary/aromatic N) is 1. The number of ether oxygens (including phenoxy) is 3. The highest BCUT2D eigenvalue weighted by Gasteiger charge is 2.34. The molecule has 140 valence electrons. The van der Waals surface area contributed by atoms with E-state index in [9.17, 15) is 18.8 Å². The minimum absolute atomic E-state index is 0.0683. The Morgan fingerprint density at radius 2 is 1.85 bits per heavy atom. The number of carbonyl (C=O) groups is 3. The van der Waals surface area contributed by atoms with Gasteiger partial charge in [0.1, 0.15) is 18.2 Å². The third kappa shape index (κ3) is 3.83. The molecule has 0 fully saturated rings. The molecule has 0 saturated heterocycles. The van der Waals surface area contributed by atoms with E-state index in [-0.39, 0.29) is 41.9 Å². The zero-order valence-corrected chi connectivity index (χ0v) is 14.8. The highest BCUT2D eigenvalue weighted by Crippen LogP contribution is 2.35. The van der Waals surface area contributed by atoms with E-state index in [1.807, 2.05) is 0 Å². The minimum Gasteiger partial charge on any atom is -0.466 e. The molecule has 2 rings (SSSR count). The Morgan fingerprint density at radius 1 is 1.19 bits per heavy atom. The molecule has 1 aliphatic rings. The van der Waals surface area contributed by atoms with Crippen LogP contribution in [0.2, 0.25) is 0 Å². The molecule has 1 aromatic carbocycles. The number of benzene rings is 1. The summed E-state index contributed by atoms with van der Waals surface area (Å²) in [6.45, 7) is 2.58. The first-order chi connectivity index (χ1) is 12.3. The van der Waals surface area contributed by atoms with E-state index in [0.29, 0.717) is 5.56 Å². The lowest BCUT2D eigenvalue weighted by Crippen LogP contribution is -2.39. The first-order valence-corrected chi connectivity index (χ1v) is 7.63. The van der Waals surface area contributed by atoms with Crippen molar-refractivity contribution >= 4 is 29.2 Å². The third-order valence-electron chi connectivity index (χ3n) is 3.70. The molecule has 0 radical (unpaired) electrons. The van der Waals surface area contributed by atoms with Gasteiger partial charge >= 0.3 is 11.9 Å². The van der Waals surface area contributed by atoms with Gasteiger partial charge in [0, 0.05) is 6.92 Å². The number of methoxy groups -OCH3 is 2. The maximum Gasteiger partial charge on any atom is 0.355 e. The summed E-state index contributed by atoms with van der Waals surface area (Å²) in [4.78, 5) is 37.2. The van der Waals surface area contributed by atoms with Crippen LogP contribution in [0, 0.1) is 12.7 Å². The molecule has 0 atom stereocenters. The summed E-state index contributed by atoms with van der Waals surface area (Å²) in [5.74, 6) is -2.55. The highest BCUT2D eigenvalue weighted by atomic mass is 19.1. The van der Waals surface area contributed by atoms with Crippen LogP contribution in [0.1, 0.15) is 12.5 Å². The normalized spacial score (nSPS) is 14.1. The van der Waals surface area contributed by atoms with Gasteiger partial charge in [-0.1, -0.05) is 0 Å². The zero-order valence-electron chi connectivity index (χ0n) is 14.8. The van der Waals surface area contributed by atoms with Crippen molar-refractivity contribution < 1.29 is 33.0 Å². The smallest absolute Gasteiger partial charge is 0.355 e. The van der Waals surface area contributed by atoms with Crippen molar-refractivity contribution in [2.75, 3.05) is 37.8 Å². The predicted octanol–water partition coefficient (Wildman–Crippen LogP) is 1.49. The van der Waals surface area contributed by atoms with E-state index in [0.717, 1.165) is 20.3 Å². The van der Waals surface area contributed by atoms with Crippen LogP contribution in [-0.2, 0) is 28.6 Å². The molecule has 1 N–H and O–H groups in total. The standard InChI is InChI=1S/C17H19FN2O6/c1-9-5-11(18)6-13(14(9)19-10(2)21)20-8-26-7-12(16(22)24-3)15(20)17(23)25-4/h5-6H,7-8H2,1-4H3,(H,19,21). The number of halogens is 1. The Labute approximate surface area is 149 Å². The van der Waals surface area contributed by atoms with Crippen LogP contribution in [0.5, 0.6) is 0 Å². The number of amides is 1. The van der Waals surface area contributed by atoms with E-state index in [4.69, 9.17) is 9.47 Å². The molecule has 8 nitrogen and oxygen atoms in total. The van der Waals surface area contributed by atoms with Gasteiger partial charge in [-0.15, -0.1) is 0 Å². The number of nitrogens with one attached hydrogen (secondary N) is 1. The van der Waals surface area contributed by atoms with Crippen LogP contribution >= 0.6 is 0 Å². The minimum atomic E-state index is -0.815. The summed E-state index contributed by atoms with van der Waals surface area (Å²) >= 11 is 0. The SMILES string of the molecule is COC(=O)C1=C(C(=O)OC)N(c2cc(F)cc(C)c2NC(C)=O)COC1. The highest BCUT2D eigenvalue weighted by molar-refractivity contribution is 6.05. The third-order valence-corrected chi connectivity index (χ3v) is 3.70. The van der Waals surface area contributed by atoms with Crippen molar-refractivity contribution in [1.82, 2.24) is 0 Å². The van der Waals surface area contributed by atoms with Crippen LogP contribution in [0.15, 0.2) is 23.4 Å². The molecule has 0 spiro atoms. The van der Waals surface area contributed by atoms with Gasteiger partial charge in [0.15, 0.2) is 0 Å². The van der Waals surface area contributed by atoms with Gasteiger partial charge in [-0.25, -0.2) is 14.0 Å². The number of aryl methyl sites for hydroxylation is 1. The molecule has 0 bridgehead atoms. The summed E-state index contributed by atoms with van der Waals surface area (Å²) in [6.07, 6.45) is 0. The van der Waals surface area contributed by atoms with Crippen molar-refractivity contribution in [2.24, 2.45) is 0 Å². The van der Waals surface area contributed by atoms with E-state index >= 15 is 0 Å². The molecule has 0 saturated carbocycles. The summed E-state index contributed by atoms with van der Waals surface area (Å²) in [5.41, 5.74) is 0.669. The maximum absolute atomic E-state index is 14.0. The number of esters is 2. The zero-order chi connectivity index (χ0) is 19.4. The summed E-state index contributed by atoms with van der Waals surface area (Å²) in [6, 6.07) is 2.37. The second-order valence-electron chi connectivity index (χ2n) is 5.51. The fraction of sp³-hybridized carbons (Fsp3) is 0.353. The number of hydrogen-bond donors (Lipinski definition) is 1. The Balaban J connectivity index is 2.70. The van der Waals surface area contributed by atoms with Crippen molar-refractivity contribution in [1.29, 1.82) is 0 Å². The van der Waals surface area contributed by atoms with E-state index < -0.39 is 17.8 Å². The molecule has 1 aliphatic heterocycles. The van der Waals surface area contributed by atoms with Crippen LogP contribution in [0.3, 0.4) is 0 Å². The molecule has 1 heterocycles. The van der Waals surface area contributed by atoms with Crippen molar-refractivity contribution in [3.63, 3.8) is 0 Å². The van der Waals surface area contributed by atoms with Crippen molar-refractivity contribution in [3.8, 4) is 0 Å². The Kier molecular flexibility index (Phi) is 5.93. The Morgan fingerprint density at radius 3 is 2.42 bits per heavy atom. The summed E-state index contributed by atoms with van der Waals surface area (Å²) in [7, 11) is 2.32. The summed E-state index contributed by atoms with van der Waals surface area (Å²) < 4.78 is 28.8. The lowest BCUT2D eigenvalue weighted by Gasteiger charge is -2.33. The van der Waals surface area contributed by atoms with Crippen LogP contribution in [0.25, 0.3) is 0 Å². The number of carbonyl (C=O) groups excluding carboxylic acids is 3. The van der Waals surface area contributed by atoms with Gasteiger partial charge in [0.05, 0.1) is 37.8 Å². The number of rotatable bonds is 4. The van der Waals surface area contributed by atoms with Gasteiger partial charge < -0.3 is 24.4 Å². The van der Waals surface area contributed by atoms with Crippen molar-refractivity contribution in [2.45, 2.75) is 13.8 Å². The fourth-order valence-corrected chi connectivity index (χ4v) is 2.61. The molecule has 0 aromatic heterocycles. The molecule has 9 heteroatoms. The van der Waals surface area contributed by atoms with Gasteiger partial charge in [-0.2, -0.15) is 0 Å². The topological polar surface area (TPSA) is 94.2 Å². The van der Waals surface area contributed by atoms with Crippen LogP contribution in [-0.4, -0.2) is 45.4 Å². The lowest BCUT2D eigenvalue weighted by atomic mass is 10.1. The molecular formula is C17H19FN2O6. The van der Waals surface area contributed by atoms with E-state index in [1.54, 1.807) is 6.92 Å². The van der Waals surface area contributed by atoms with Gasteiger partial charge in [0.2, 0.25) is 5.91 Å². The molecule has 0 unspecified atom stereocenters. The molecule has 1 amide bonds. The summed E-state index contributed by atoms with van der Waals surface area (Å²) in [5, 5.41) is 2.61. The maximum atomic E-state index is 14.0. The Hall–Kier alpha value is -2.94. The first kappa shape index (κ1) is 19.4. The average molecular weight is 366 g/mol. The second-order valence-corrected chi connectivity index (χ2v) is 5.51. The predicted molar refractivity (Wildman–Crippen MR) is 89.8 cm³/mol. The van der Waals surface area contributed by atoms with E-state index in [2.05, 4.69) is 10.1 Å². The largest absolute Gasteiger partial charge is 0.466 e. The van der Waals surface area contributed by atoms with Gasteiger partial charge in [-0.05, 0) is 24.6 Å². The number of hydrogen-bond acceptors (Lipinski definition) is 7. The quantitative estimate of drug-likeness (QED) is 0.807.